The van der Waals surface area contributed by atoms with Crippen molar-refractivity contribution in [1.29, 1.82) is 0 Å². The van der Waals surface area contributed by atoms with Gasteiger partial charge in [0.15, 0.2) is 17.6 Å². The van der Waals surface area contributed by atoms with E-state index in [1.165, 1.54) is 4.90 Å². The topological polar surface area (TPSA) is 88.2 Å². The van der Waals surface area contributed by atoms with E-state index >= 15 is 0 Å². The maximum Gasteiger partial charge on any atom is 0.325 e. The van der Waals surface area contributed by atoms with Crippen LogP contribution in [-0.2, 0) is 9.59 Å². The minimum absolute atomic E-state index is 0.0932. The maximum atomic E-state index is 12.6. The van der Waals surface area contributed by atoms with Crippen LogP contribution in [0.2, 0.25) is 0 Å². The Kier molecular flexibility index (Phi) is 4.87. The smallest absolute Gasteiger partial charge is 0.325 e. The predicted octanol–water partition coefficient (Wildman–Crippen LogP) is 1.54. The van der Waals surface area contributed by atoms with Gasteiger partial charge in [-0.15, -0.1) is 0 Å². The van der Waals surface area contributed by atoms with Gasteiger partial charge in [0, 0.05) is 20.0 Å². The van der Waals surface area contributed by atoms with Gasteiger partial charge < -0.3 is 19.7 Å². The van der Waals surface area contributed by atoms with E-state index in [9.17, 15) is 14.4 Å². The molecule has 1 saturated heterocycles. The molecule has 8 nitrogen and oxygen atoms in total. The number of rotatable bonds is 5. The fourth-order valence-corrected chi connectivity index (χ4v) is 4.16. The Morgan fingerprint density at radius 2 is 1.96 bits per heavy atom. The number of imide groups is 1. The molecule has 1 atom stereocenters. The predicted molar refractivity (Wildman–Crippen MR) is 100 cm³/mol. The first kappa shape index (κ1) is 18.6. The average molecular weight is 387 g/mol. The number of ether oxygens (including phenoxy) is 2. The third-order valence-electron chi connectivity index (χ3n) is 5.72. The fraction of sp³-hybridized carbons (Fsp3) is 0.550. The van der Waals surface area contributed by atoms with Crippen LogP contribution < -0.4 is 14.8 Å². The van der Waals surface area contributed by atoms with Crippen molar-refractivity contribution in [2.75, 3.05) is 26.7 Å². The highest BCUT2D eigenvalue weighted by atomic mass is 16.6. The molecule has 1 N–H and O–H groups in total. The number of urea groups is 1. The Labute approximate surface area is 163 Å². The number of carbonyl (C=O) groups is 3. The monoisotopic (exact) mass is 387 g/mol. The third-order valence-corrected chi connectivity index (χ3v) is 5.72. The average Bonchev–Trinajstić information content (AvgIpc) is 3.25. The lowest BCUT2D eigenvalue weighted by Crippen LogP contribution is -2.44. The summed E-state index contributed by atoms with van der Waals surface area (Å²) in [4.78, 5) is 40.1. The number of amides is 4. The van der Waals surface area contributed by atoms with Crippen LogP contribution in [0.15, 0.2) is 24.3 Å². The van der Waals surface area contributed by atoms with E-state index in [4.69, 9.17) is 9.47 Å². The zero-order valence-corrected chi connectivity index (χ0v) is 16.0. The first-order valence-electron chi connectivity index (χ1n) is 9.75. The van der Waals surface area contributed by atoms with Crippen molar-refractivity contribution >= 4 is 17.8 Å². The molecule has 2 heterocycles. The van der Waals surface area contributed by atoms with Crippen molar-refractivity contribution in [3.63, 3.8) is 0 Å². The third kappa shape index (κ3) is 3.39. The highest BCUT2D eigenvalue weighted by Crippen LogP contribution is 2.35. The summed E-state index contributed by atoms with van der Waals surface area (Å²) in [6.07, 6.45) is 3.07. The van der Waals surface area contributed by atoms with Gasteiger partial charge in [0.05, 0.1) is 6.54 Å². The van der Waals surface area contributed by atoms with Crippen LogP contribution in [-0.4, -0.2) is 66.0 Å². The van der Waals surface area contributed by atoms with Gasteiger partial charge in [0.1, 0.15) is 12.1 Å². The van der Waals surface area contributed by atoms with Crippen molar-refractivity contribution in [2.45, 2.75) is 43.7 Å². The van der Waals surface area contributed by atoms with Gasteiger partial charge in [-0.2, -0.15) is 0 Å². The molecular weight excluding hydrogens is 362 g/mol. The van der Waals surface area contributed by atoms with Crippen molar-refractivity contribution < 1.29 is 23.9 Å². The first-order valence-corrected chi connectivity index (χ1v) is 9.75. The second kappa shape index (κ2) is 7.33. The lowest BCUT2D eigenvalue weighted by atomic mass is 9.98. The van der Waals surface area contributed by atoms with Crippen LogP contribution in [0, 0.1) is 0 Å². The van der Waals surface area contributed by atoms with E-state index in [1.807, 2.05) is 24.3 Å². The second-order valence-electron chi connectivity index (χ2n) is 7.70. The van der Waals surface area contributed by atoms with E-state index in [0.717, 1.165) is 12.8 Å². The summed E-state index contributed by atoms with van der Waals surface area (Å²) >= 11 is 0. The quantitative estimate of drug-likeness (QED) is 0.775. The molecular formula is C20H25N3O5. The minimum Gasteiger partial charge on any atom is -0.486 e. The number of benzene rings is 1. The lowest BCUT2D eigenvalue weighted by molar-refractivity contribution is -0.133. The molecule has 0 radical (unpaired) electrons. The van der Waals surface area contributed by atoms with Gasteiger partial charge in [-0.3, -0.25) is 14.5 Å². The van der Waals surface area contributed by atoms with Crippen LogP contribution in [0.1, 0.15) is 32.1 Å². The van der Waals surface area contributed by atoms with Crippen LogP contribution in [0.4, 0.5) is 4.79 Å². The second-order valence-corrected chi connectivity index (χ2v) is 7.70. The molecule has 0 aromatic heterocycles. The molecule has 3 aliphatic rings. The fourth-order valence-electron chi connectivity index (χ4n) is 4.16. The Bertz CT molecular complexity index is 790. The molecule has 8 heteroatoms. The van der Waals surface area contributed by atoms with Gasteiger partial charge in [-0.1, -0.05) is 25.0 Å². The number of likely N-dealkylation sites (N-methyl/N-ethyl adjacent to an activating group) is 1. The van der Waals surface area contributed by atoms with Crippen molar-refractivity contribution in [1.82, 2.24) is 15.1 Å². The molecule has 4 amide bonds. The van der Waals surface area contributed by atoms with Crippen LogP contribution in [0.3, 0.4) is 0 Å². The SMILES string of the molecule is CN(CC1COc2ccccc2O1)C(=O)CCN1C(=O)NC2(CCCC2)C1=O. The number of carbonyl (C=O) groups excluding carboxylic acids is 3. The van der Waals surface area contributed by atoms with E-state index in [0.29, 0.717) is 37.5 Å². The summed E-state index contributed by atoms with van der Waals surface area (Å²) in [5, 5.41) is 2.83. The Morgan fingerprint density at radius 1 is 1.25 bits per heavy atom. The maximum absolute atomic E-state index is 12.6. The summed E-state index contributed by atoms with van der Waals surface area (Å²) < 4.78 is 11.6. The molecule has 28 heavy (non-hydrogen) atoms. The highest BCUT2D eigenvalue weighted by molar-refractivity contribution is 6.07. The number of fused-ring (bicyclic) bond motifs is 1. The molecule has 1 spiro atoms. The highest BCUT2D eigenvalue weighted by Gasteiger charge is 2.52. The Morgan fingerprint density at radius 3 is 2.71 bits per heavy atom. The molecule has 4 rings (SSSR count). The largest absolute Gasteiger partial charge is 0.486 e. The van der Waals surface area contributed by atoms with E-state index in [2.05, 4.69) is 5.32 Å². The summed E-state index contributed by atoms with van der Waals surface area (Å²) in [6.45, 7) is 0.835. The van der Waals surface area contributed by atoms with Crippen LogP contribution >= 0.6 is 0 Å². The number of hydrogen-bond acceptors (Lipinski definition) is 5. The Balaban J connectivity index is 1.28. The van der Waals surface area contributed by atoms with E-state index in [-0.39, 0.29) is 36.9 Å². The molecule has 1 aromatic rings. The number of nitrogens with zero attached hydrogens (tertiary/aromatic N) is 2. The number of hydrogen-bond donors (Lipinski definition) is 1. The van der Waals surface area contributed by atoms with Crippen molar-refractivity contribution in [3.8, 4) is 11.5 Å². The zero-order chi connectivity index (χ0) is 19.7. The Hall–Kier alpha value is -2.77. The van der Waals surface area contributed by atoms with Gasteiger partial charge >= 0.3 is 6.03 Å². The summed E-state index contributed by atoms with van der Waals surface area (Å²) in [5.41, 5.74) is -0.729. The normalized spacial score (nSPS) is 22.5. The standard InChI is InChI=1S/C20H25N3O5/c1-22(12-14-13-27-15-6-2-3-7-16(15)28-14)17(24)8-11-23-18(25)20(21-19(23)26)9-4-5-10-20/h2-3,6-7,14H,4-5,8-13H2,1H3,(H,21,26). The van der Waals surface area contributed by atoms with Gasteiger partial charge in [-0.05, 0) is 25.0 Å². The van der Waals surface area contributed by atoms with Crippen molar-refractivity contribution in [3.05, 3.63) is 24.3 Å². The molecule has 1 unspecified atom stereocenters. The molecule has 0 bridgehead atoms. The first-order chi connectivity index (χ1) is 13.5. The minimum atomic E-state index is -0.729. The molecule has 1 aromatic carbocycles. The van der Waals surface area contributed by atoms with Crippen LogP contribution in [0.5, 0.6) is 11.5 Å². The van der Waals surface area contributed by atoms with Gasteiger partial charge in [-0.25, -0.2) is 4.79 Å². The molecule has 2 aliphatic heterocycles. The van der Waals surface area contributed by atoms with E-state index < -0.39 is 5.54 Å². The lowest BCUT2D eigenvalue weighted by Gasteiger charge is -2.29. The molecule has 1 saturated carbocycles. The van der Waals surface area contributed by atoms with E-state index in [1.54, 1.807) is 11.9 Å². The molecule has 150 valence electrons. The molecule has 1 aliphatic carbocycles. The van der Waals surface area contributed by atoms with Gasteiger partial charge in [0.2, 0.25) is 5.91 Å². The summed E-state index contributed by atoms with van der Waals surface area (Å²) in [6, 6.07) is 7.04. The zero-order valence-electron chi connectivity index (χ0n) is 16.0. The number of nitrogens with one attached hydrogen (secondary N) is 1. The van der Waals surface area contributed by atoms with Crippen molar-refractivity contribution in [2.24, 2.45) is 0 Å². The molecule has 2 fully saturated rings. The van der Waals surface area contributed by atoms with Gasteiger partial charge in [0.25, 0.3) is 5.91 Å². The summed E-state index contributed by atoms with van der Waals surface area (Å²) in [5.74, 6) is 1.04. The number of para-hydroxylation sites is 2. The summed E-state index contributed by atoms with van der Waals surface area (Å²) in [7, 11) is 1.69. The van der Waals surface area contributed by atoms with Crippen LogP contribution in [0.25, 0.3) is 0 Å².